The molecule has 8 heteroatoms. The van der Waals surface area contributed by atoms with E-state index < -0.39 is 0 Å². The van der Waals surface area contributed by atoms with Gasteiger partial charge in [-0.2, -0.15) is 0 Å². The second kappa shape index (κ2) is 9.45. The van der Waals surface area contributed by atoms with E-state index in [2.05, 4.69) is 44.1 Å². The maximum absolute atomic E-state index is 12.8. The molecule has 5 rings (SSSR count). The molecule has 1 saturated carbocycles. The molecule has 4 heterocycles. The Morgan fingerprint density at radius 1 is 1.09 bits per heavy atom. The maximum Gasteiger partial charge on any atom is 0.252 e. The molecule has 1 N–H and O–H groups in total. The van der Waals surface area contributed by atoms with Gasteiger partial charge in [0.1, 0.15) is 0 Å². The number of rotatable bonds is 8. The van der Waals surface area contributed by atoms with E-state index in [1.54, 1.807) is 0 Å². The van der Waals surface area contributed by atoms with E-state index in [9.17, 15) is 4.79 Å². The van der Waals surface area contributed by atoms with Gasteiger partial charge in [-0.15, -0.1) is 10.2 Å². The molecule has 0 radical (unpaired) electrons. The van der Waals surface area contributed by atoms with Crippen molar-refractivity contribution in [2.75, 3.05) is 52.4 Å². The zero-order chi connectivity index (χ0) is 22.1. The number of carbonyl (C=O) groups excluding carboxylic acids is 1. The predicted molar refractivity (Wildman–Crippen MR) is 125 cm³/mol. The van der Waals surface area contributed by atoms with Gasteiger partial charge in [-0.05, 0) is 70.7 Å². The second-order valence-electron chi connectivity index (χ2n) is 10.1. The molecule has 1 amide bonds. The minimum atomic E-state index is -0.0227. The average molecular weight is 440 g/mol. The molecule has 1 atom stereocenters. The third-order valence-corrected chi connectivity index (χ3v) is 7.28. The Bertz CT molecular complexity index is 932. The number of likely N-dealkylation sites (tertiary alicyclic amines) is 1. The lowest BCUT2D eigenvalue weighted by Crippen LogP contribution is -2.51. The molecule has 3 aliphatic rings. The van der Waals surface area contributed by atoms with Gasteiger partial charge in [-0.3, -0.25) is 19.0 Å². The highest BCUT2D eigenvalue weighted by atomic mass is 16.1. The van der Waals surface area contributed by atoms with Crippen molar-refractivity contribution in [1.82, 2.24) is 34.6 Å². The van der Waals surface area contributed by atoms with Crippen molar-refractivity contribution in [2.24, 2.45) is 5.92 Å². The smallest absolute Gasteiger partial charge is 0.252 e. The monoisotopic (exact) mass is 439 g/mol. The summed E-state index contributed by atoms with van der Waals surface area (Å²) in [5, 5.41) is 12.1. The first-order valence-electron chi connectivity index (χ1n) is 12.4. The Kier molecular flexibility index (Phi) is 6.44. The van der Waals surface area contributed by atoms with Crippen LogP contribution in [0.5, 0.6) is 0 Å². The van der Waals surface area contributed by atoms with Crippen LogP contribution < -0.4 is 5.32 Å². The molecule has 3 fully saturated rings. The number of amides is 1. The summed E-state index contributed by atoms with van der Waals surface area (Å²) in [7, 11) is 0. The van der Waals surface area contributed by atoms with Gasteiger partial charge in [0.05, 0.1) is 11.6 Å². The van der Waals surface area contributed by atoms with Crippen LogP contribution in [0.15, 0.2) is 18.3 Å². The fourth-order valence-electron chi connectivity index (χ4n) is 5.24. The van der Waals surface area contributed by atoms with Gasteiger partial charge in [0, 0.05) is 51.5 Å². The zero-order valence-electron chi connectivity index (χ0n) is 19.5. The van der Waals surface area contributed by atoms with Gasteiger partial charge in [-0.1, -0.05) is 0 Å². The highest BCUT2D eigenvalue weighted by molar-refractivity contribution is 5.94. The number of nitrogens with one attached hydrogen (secondary N) is 1. The summed E-state index contributed by atoms with van der Waals surface area (Å²) in [5.74, 6) is 1.80. The van der Waals surface area contributed by atoms with Gasteiger partial charge in [0.2, 0.25) is 0 Å². The Morgan fingerprint density at radius 2 is 1.91 bits per heavy atom. The van der Waals surface area contributed by atoms with Gasteiger partial charge in [0.25, 0.3) is 5.91 Å². The SMILES string of the molecule is CC(C)N1CCN(CC2CC2)C[C@@H]1c1nnc2ccc(C(=O)NCCN3CCCC3)cn12. The number of carbonyl (C=O) groups is 1. The van der Waals surface area contributed by atoms with Gasteiger partial charge in [-0.25, -0.2) is 0 Å². The number of hydrogen-bond acceptors (Lipinski definition) is 6. The van der Waals surface area contributed by atoms with E-state index in [1.807, 2.05) is 22.7 Å². The van der Waals surface area contributed by atoms with Crippen LogP contribution in [0.2, 0.25) is 0 Å². The normalized spacial score (nSPS) is 23.4. The van der Waals surface area contributed by atoms with Crippen LogP contribution in [-0.4, -0.2) is 93.6 Å². The molecule has 2 aromatic heterocycles. The van der Waals surface area contributed by atoms with E-state index in [0.717, 1.165) is 56.7 Å². The lowest BCUT2D eigenvalue weighted by Gasteiger charge is -2.42. The molecule has 0 aromatic carbocycles. The van der Waals surface area contributed by atoms with Crippen LogP contribution in [0, 0.1) is 5.92 Å². The van der Waals surface area contributed by atoms with Crippen molar-refractivity contribution in [1.29, 1.82) is 0 Å². The van der Waals surface area contributed by atoms with Crippen LogP contribution in [0.25, 0.3) is 5.65 Å². The highest BCUT2D eigenvalue weighted by Crippen LogP contribution is 2.33. The largest absolute Gasteiger partial charge is 0.351 e. The molecule has 32 heavy (non-hydrogen) atoms. The minimum Gasteiger partial charge on any atom is -0.351 e. The summed E-state index contributed by atoms with van der Waals surface area (Å²) in [6, 6.07) is 4.40. The lowest BCUT2D eigenvalue weighted by atomic mass is 10.1. The maximum atomic E-state index is 12.8. The molecular weight excluding hydrogens is 402 g/mol. The van der Waals surface area contributed by atoms with Crippen LogP contribution in [0.4, 0.5) is 0 Å². The Labute approximate surface area is 190 Å². The summed E-state index contributed by atoms with van der Waals surface area (Å²) < 4.78 is 2.04. The first-order valence-corrected chi connectivity index (χ1v) is 12.4. The van der Waals surface area contributed by atoms with Crippen LogP contribution in [-0.2, 0) is 0 Å². The predicted octanol–water partition coefficient (Wildman–Crippen LogP) is 2.03. The summed E-state index contributed by atoms with van der Waals surface area (Å²) >= 11 is 0. The van der Waals surface area contributed by atoms with Crippen molar-refractivity contribution in [3.05, 3.63) is 29.7 Å². The molecule has 2 saturated heterocycles. The fraction of sp³-hybridized carbons (Fsp3) is 0.708. The van der Waals surface area contributed by atoms with Gasteiger partial charge >= 0.3 is 0 Å². The Morgan fingerprint density at radius 3 is 2.66 bits per heavy atom. The number of hydrogen-bond donors (Lipinski definition) is 1. The molecule has 174 valence electrons. The minimum absolute atomic E-state index is 0.0227. The third kappa shape index (κ3) is 4.82. The number of pyridine rings is 1. The van der Waals surface area contributed by atoms with E-state index >= 15 is 0 Å². The Hall–Kier alpha value is -2.03. The van der Waals surface area contributed by atoms with Crippen molar-refractivity contribution in [3.8, 4) is 0 Å². The quantitative estimate of drug-likeness (QED) is 0.679. The van der Waals surface area contributed by atoms with E-state index in [1.165, 1.54) is 32.2 Å². The number of aromatic nitrogens is 3. The van der Waals surface area contributed by atoms with Crippen molar-refractivity contribution < 1.29 is 4.79 Å². The average Bonchev–Trinajstić information content (AvgIpc) is 3.27. The third-order valence-electron chi connectivity index (χ3n) is 7.28. The standard InChI is InChI=1S/C24H37N7O/c1-18(2)30-14-13-29(15-19-5-6-19)17-21(30)23-27-26-22-8-7-20(16-31(22)23)24(32)25-9-12-28-10-3-4-11-28/h7-8,16,18-19,21H,3-6,9-15,17H2,1-2H3,(H,25,32)/t21-/m1/s1. The number of fused-ring (bicyclic) bond motifs is 1. The first-order chi connectivity index (χ1) is 15.6. The van der Waals surface area contributed by atoms with E-state index in [0.29, 0.717) is 18.2 Å². The Balaban J connectivity index is 1.32. The van der Waals surface area contributed by atoms with Crippen molar-refractivity contribution in [3.63, 3.8) is 0 Å². The highest BCUT2D eigenvalue weighted by Gasteiger charge is 2.35. The van der Waals surface area contributed by atoms with E-state index in [4.69, 9.17) is 0 Å². The van der Waals surface area contributed by atoms with Gasteiger partial charge in [0.15, 0.2) is 11.5 Å². The molecule has 0 spiro atoms. The van der Waals surface area contributed by atoms with E-state index in [-0.39, 0.29) is 11.9 Å². The van der Waals surface area contributed by atoms with Crippen molar-refractivity contribution >= 4 is 11.6 Å². The number of piperazine rings is 1. The molecular formula is C24H37N7O. The molecule has 1 aliphatic carbocycles. The molecule has 8 nitrogen and oxygen atoms in total. The van der Waals surface area contributed by atoms with Gasteiger partial charge < -0.3 is 10.2 Å². The lowest BCUT2D eigenvalue weighted by molar-refractivity contribution is 0.0437. The summed E-state index contributed by atoms with van der Waals surface area (Å²) in [6.45, 7) is 12.8. The summed E-state index contributed by atoms with van der Waals surface area (Å²) in [5.41, 5.74) is 1.47. The zero-order valence-corrected chi connectivity index (χ0v) is 19.5. The van der Waals surface area contributed by atoms with Crippen LogP contribution >= 0.6 is 0 Å². The molecule has 0 unspecified atom stereocenters. The molecule has 2 aliphatic heterocycles. The molecule has 0 bridgehead atoms. The second-order valence-corrected chi connectivity index (χ2v) is 10.1. The van der Waals surface area contributed by atoms with Crippen molar-refractivity contribution in [2.45, 2.75) is 51.6 Å². The number of nitrogens with zero attached hydrogens (tertiary/aromatic N) is 6. The fourth-order valence-corrected chi connectivity index (χ4v) is 5.24. The van der Waals surface area contributed by atoms with Crippen LogP contribution in [0.1, 0.15) is 61.8 Å². The first kappa shape index (κ1) is 21.8. The van der Waals surface area contributed by atoms with Crippen LogP contribution in [0.3, 0.4) is 0 Å². The summed E-state index contributed by atoms with van der Waals surface area (Å²) in [4.78, 5) is 20.4. The topological polar surface area (TPSA) is 69.0 Å². The molecule has 2 aromatic rings. The summed E-state index contributed by atoms with van der Waals surface area (Å²) in [6.07, 6.45) is 7.22.